The summed E-state index contributed by atoms with van der Waals surface area (Å²) in [5.41, 5.74) is 6.20. The summed E-state index contributed by atoms with van der Waals surface area (Å²) in [6.07, 6.45) is 6.11. The van der Waals surface area contributed by atoms with Gasteiger partial charge in [0, 0.05) is 13.1 Å². The number of esters is 1. The summed E-state index contributed by atoms with van der Waals surface area (Å²) in [6.45, 7) is 1.93. The number of carbonyl (C=O) groups is 1. The number of methoxy groups -OCH3 is 1. The van der Waals surface area contributed by atoms with Crippen LogP contribution in [0.3, 0.4) is 0 Å². The van der Waals surface area contributed by atoms with Crippen molar-refractivity contribution in [3.05, 3.63) is 5.56 Å². The minimum atomic E-state index is -0.390. The topological polar surface area (TPSA) is 68.5 Å². The molecule has 2 N–H and O–H groups in total. The van der Waals surface area contributed by atoms with Crippen LogP contribution in [0.2, 0.25) is 0 Å². The molecule has 0 radical (unpaired) electrons. The Morgan fingerprint density at radius 3 is 2.50 bits per heavy atom. The van der Waals surface area contributed by atoms with E-state index in [1.165, 1.54) is 37.9 Å². The van der Waals surface area contributed by atoms with Crippen LogP contribution in [0.25, 0.3) is 0 Å². The van der Waals surface area contributed by atoms with Crippen LogP contribution in [0.1, 0.15) is 42.5 Å². The highest BCUT2D eigenvalue weighted by Crippen LogP contribution is 2.32. The molecule has 0 aliphatic carbocycles. The van der Waals surface area contributed by atoms with E-state index in [-0.39, 0.29) is 5.82 Å². The second-order valence-corrected chi connectivity index (χ2v) is 5.25. The smallest absolute Gasteiger partial charge is 0.344 e. The molecule has 0 amide bonds. The first kappa shape index (κ1) is 13.1. The van der Waals surface area contributed by atoms with Gasteiger partial charge >= 0.3 is 5.97 Å². The zero-order chi connectivity index (χ0) is 13.0. The van der Waals surface area contributed by atoms with Crippen LogP contribution >= 0.6 is 11.5 Å². The number of rotatable bonds is 2. The molecule has 0 unspecified atom stereocenters. The van der Waals surface area contributed by atoms with Gasteiger partial charge in [0.1, 0.15) is 10.6 Å². The number of nitrogen functional groups attached to an aromatic ring is 1. The molecule has 0 atom stereocenters. The highest BCUT2D eigenvalue weighted by molar-refractivity contribution is 7.11. The van der Waals surface area contributed by atoms with Crippen molar-refractivity contribution in [1.82, 2.24) is 4.37 Å². The number of ether oxygens (including phenoxy) is 1. The van der Waals surface area contributed by atoms with Crippen molar-refractivity contribution < 1.29 is 9.53 Å². The average molecular weight is 269 g/mol. The van der Waals surface area contributed by atoms with Crippen molar-refractivity contribution in [1.29, 1.82) is 0 Å². The molecule has 1 fully saturated rings. The maximum absolute atomic E-state index is 11.8. The van der Waals surface area contributed by atoms with Gasteiger partial charge in [-0.05, 0) is 24.4 Å². The van der Waals surface area contributed by atoms with Crippen molar-refractivity contribution in [2.24, 2.45) is 0 Å². The lowest BCUT2D eigenvalue weighted by Crippen LogP contribution is -2.27. The van der Waals surface area contributed by atoms with Crippen molar-refractivity contribution in [2.75, 3.05) is 30.8 Å². The predicted molar refractivity (Wildman–Crippen MR) is 73.2 cm³/mol. The molecule has 18 heavy (non-hydrogen) atoms. The van der Waals surface area contributed by atoms with E-state index in [9.17, 15) is 4.79 Å². The Labute approximate surface area is 111 Å². The number of nitrogens with zero attached hydrogens (tertiary/aromatic N) is 2. The summed E-state index contributed by atoms with van der Waals surface area (Å²) in [5, 5.41) is 0.862. The minimum absolute atomic E-state index is 0.281. The Balaban J connectivity index is 2.22. The molecule has 2 heterocycles. The van der Waals surface area contributed by atoms with Gasteiger partial charge in [-0.3, -0.25) is 0 Å². The van der Waals surface area contributed by atoms with Gasteiger partial charge in [-0.2, -0.15) is 4.37 Å². The summed E-state index contributed by atoms with van der Waals surface area (Å²) in [5.74, 6) is -0.109. The first-order valence-electron chi connectivity index (χ1n) is 6.32. The second-order valence-electron chi connectivity index (χ2n) is 4.49. The molecule has 6 heteroatoms. The van der Waals surface area contributed by atoms with E-state index < -0.39 is 5.97 Å². The zero-order valence-corrected chi connectivity index (χ0v) is 11.5. The lowest BCUT2D eigenvalue weighted by Gasteiger charge is -2.25. The van der Waals surface area contributed by atoms with Crippen LogP contribution in [0.5, 0.6) is 0 Å². The zero-order valence-electron chi connectivity index (χ0n) is 10.6. The SMILES string of the molecule is COC(=O)c1c(N)nsc1N1CCCCCCC1. The number of hydrogen-bond donors (Lipinski definition) is 1. The summed E-state index contributed by atoms with van der Waals surface area (Å²) in [4.78, 5) is 14.0. The van der Waals surface area contributed by atoms with Gasteiger partial charge in [-0.25, -0.2) is 4.79 Å². The monoisotopic (exact) mass is 269 g/mol. The van der Waals surface area contributed by atoms with Crippen molar-refractivity contribution in [3.63, 3.8) is 0 Å². The fraction of sp³-hybridized carbons (Fsp3) is 0.667. The maximum Gasteiger partial charge on any atom is 0.344 e. The Bertz CT molecular complexity index is 411. The number of aromatic nitrogens is 1. The van der Waals surface area contributed by atoms with Gasteiger partial charge < -0.3 is 15.4 Å². The van der Waals surface area contributed by atoms with E-state index in [1.54, 1.807) is 0 Å². The van der Waals surface area contributed by atoms with Crippen molar-refractivity contribution in [2.45, 2.75) is 32.1 Å². The fourth-order valence-corrected chi connectivity index (χ4v) is 3.11. The van der Waals surface area contributed by atoms with Gasteiger partial charge in [0.25, 0.3) is 0 Å². The third-order valence-corrected chi connectivity index (χ3v) is 4.16. The average Bonchev–Trinajstić information content (AvgIpc) is 2.70. The van der Waals surface area contributed by atoms with Crippen LogP contribution in [-0.4, -0.2) is 30.5 Å². The number of hydrogen-bond acceptors (Lipinski definition) is 6. The van der Waals surface area contributed by atoms with Crippen LogP contribution < -0.4 is 10.6 Å². The Kier molecular flexibility index (Phi) is 4.41. The maximum atomic E-state index is 11.8. The minimum Gasteiger partial charge on any atom is -0.465 e. The molecule has 0 aromatic carbocycles. The Morgan fingerprint density at radius 2 is 1.89 bits per heavy atom. The first-order chi connectivity index (χ1) is 8.74. The van der Waals surface area contributed by atoms with Crippen molar-refractivity contribution in [3.8, 4) is 0 Å². The molecule has 0 saturated carbocycles. The van der Waals surface area contributed by atoms with E-state index in [4.69, 9.17) is 10.5 Å². The van der Waals surface area contributed by atoms with Crippen LogP contribution in [0, 0.1) is 0 Å². The van der Waals surface area contributed by atoms with E-state index in [0.717, 1.165) is 30.9 Å². The number of nitrogens with two attached hydrogens (primary N) is 1. The lowest BCUT2D eigenvalue weighted by atomic mass is 10.1. The molecule has 1 aromatic heterocycles. The molecule has 2 rings (SSSR count). The highest BCUT2D eigenvalue weighted by Gasteiger charge is 2.24. The molecular weight excluding hydrogens is 250 g/mol. The van der Waals surface area contributed by atoms with Crippen LogP contribution in [0.4, 0.5) is 10.8 Å². The standard InChI is InChI=1S/C12H19N3O2S/c1-17-12(16)9-10(13)14-18-11(9)15-7-5-3-2-4-6-8-15/h2-8H2,1H3,(H2,13,14). The largest absolute Gasteiger partial charge is 0.465 e. The van der Waals surface area contributed by atoms with E-state index in [1.807, 2.05) is 0 Å². The number of carbonyl (C=O) groups excluding carboxylic acids is 1. The summed E-state index contributed by atoms with van der Waals surface area (Å²) in [7, 11) is 1.37. The lowest BCUT2D eigenvalue weighted by molar-refractivity contribution is 0.0603. The fourth-order valence-electron chi connectivity index (χ4n) is 2.25. The van der Waals surface area contributed by atoms with Gasteiger partial charge in [0.05, 0.1) is 7.11 Å². The molecule has 1 aliphatic heterocycles. The van der Waals surface area contributed by atoms with E-state index >= 15 is 0 Å². The molecule has 1 saturated heterocycles. The van der Waals surface area contributed by atoms with Gasteiger partial charge in [0.2, 0.25) is 0 Å². The molecular formula is C12H19N3O2S. The normalized spacial score (nSPS) is 17.1. The van der Waals surface area contributed by atoms with E-state index in [2.05, 4.69) is 9.27 Å². The Morgan fingerprint density at radius 1 is 1.28 bits per heavy atom. The second kappa shape index (κ2) is 6.04. The molecule has 1 aliphatic rings. The summed E-state index contributed by atoms with van der Waals surface area (Å²) in [6, 6.07) is 0. The highest BCUT2D eigenvalue weighted by atomic mass is 32.1. The first-order valence-corrected chi connectivity index (χ1v) is 7.09. The molecule has 5 nitrogen and oxygen atoms in total. The van der Waals surface area contributed by atoms with Crippen LogP contribution in [0.15, 0.2) is 0 Å². The Hall–Kier alpha value is -1.30. The van der Waals surface area contributed by atoms with Gasteiger partial charge in [-0.15, -0.1) is 0 Å². The predicted octanol–water partition coefficient (Wildman–Crippen LogP) is 2.28. The molecule has 0 bridgehead atoms. The van der Waals surface area contributed by atoms with Gasteiger partial charge in [0.15, 0.2) is 5.82 Å². The van der Waals surface area contributed by atoms with Crippen LogP contribution in [-0.2, 0) is 4.74 Å². The third-order valence-electron chi connectivity index (χ3n) is 3.23. The summed E-state index contributed by atoms with van der Waals surface area (Å²) >= 11 is 1.29. The van der Waals surface area contributed by atoms with E-state index in [0.29, 0.717) is 5.56 Å². The quantitative estimate of drug-likeness (QED) is 0.834. The summed E-state index contributed by atoms with van der Waals surface area (Å²) < 4.78 is 8.88. The molecule has 0 spiro atoms. The van der Waals surface area contributed by atoms with Gasteiger partial charge in [-0.1, -0.05) is 19.3 Å². The van der Waals surface area contributed by atoms with Crippen molar-refractivity contribution >= 4 is 28.3 Å². The number of anilines is 2. The molecule has 100 valence electrons. The third kappa shape index (κ3) is 2.75. The molecule has 1 aromatic rings.